The molecule has 20 heavy (non-hydrogen) atoms. The largest absolute Gasteiger partial charge is 0.495 e. The Balaban J connectivity index is 2.00. The predicted molar refractivity (Wildman–Crippen MR) is 76.0 cm³/mol. The van der Waals surface area contributed by atoms with Gasteiger partial charge in [-0.3, -0.25) is 4.79 Å². The molecule has 8 heteroatoms. The lowest BCUT2D eigenvalue weighted by Gasteiger charge is -2.14. The number of hydrogen-bond donors (Lipinski definition) is 2. The van der Waals surface area contributed by atoms with Crippen LogP contribution in [-0.4, -0.2) is 44.6 Å². The number of anilines is 2. The summed E-state index contributed by atoms with van der Waals surface area (Å²) in [6, 6.07) is 4.85. The molecule has 1 aliphatic rings. The van der Waals surface area contributed by atoms with Crippen LogP contribution in [0.2, 0.25) is 0 Å². The number of carbonyl (C=O) groups excluding carboxylic acids is 1. The molecule has 0 radical (unpaired) electrons. The molecule has 0 unspecified atom stereocenters. The highest BCUT2D eigenvalue weighted by molar-refractivity contribution is 7.89. The van der Waals surface area contributed by atoms with Crippen LogP contribution >= 0.6 is 0 Å². The number of carbonyl (C=O) groups is 1. The fourth-order valence-electron chi connectivity index (χ4n) is 2.04. The van der Waals surface area contributed by atoms with Crippen molar-refractivity contribution < 1.29 is 17.9 Å². The highest BCUT2D eigenvalue weighted by atomic mass is 32.2. The number of sulfonamides is 1. The molecule has 1 aromatic rings. The molecule has 0 atom stereocenters. The minimum Gasteiger partial charge on any atom is -0.495 e. The van der Waals surface area contributed by atoms with E-state index in [0.29, 0.717) is 30.1 Å². The van der Waals surface area contributed by atoms with Gasteiger partial charge >= 0.3 is 0 Å². The second-order valence-electron chi connectivity index (χ2n) is 4.51. The van der Waals surface area contributed by atoms with Crippen molar-refractivity contribution in [3.8, 4) is 5.75 Å². The standard InChI is InChI=1S/C12H17N3O4S/c1-19-11-4-3-9(7-10(11)13)14-12(16)8-15-5-2-6-20(15,17)18/h3-4,7H,2,5-6,8,13H2,1H3,(H,14,16). The van der Waals surface area contributed by atoms with E-state index < -0.39 is 10.0 Å². The summed E-state index contributed by atoms with van der Waals surface area (Å²) in [5.41, 5.74) is 6.64. The number of hydrogen-bond acceptors (Lipinski definition) is 5. The van der Waals surface area contributed by atoms with Gasteiger partial charge in [-0.1, -0.05) is 0 Å². The first-order valence-electron chi connectivity index (χ1n) is 6.13. The van der Waals surface area contributed by atoms with Gasteiger partial charge in [-0.25, -0.2) is 8.42 Å². The zero-order chi connectivity index (χ0) is 14.8. The third-order valence-electron chi connectivity index (χ3n) is 3.04. The first-order chi connectivity index (χ1) is 9.42. The number of nitrogen functional groups attached to an aromatic ring is 1. The zero-order valence-corrected chi connectivity index (χ0v) is 11.9. The first-order valence-corrected chi connectivity index (χ1v) is 7.74. The molecular formula is C12H17N3O4S. The second kappa shape index (κ2) is 5.68. The molecular weight excluding hydrogens is 282 g/mol. The Kier molecular flexibility index (Phi) is 4.15. The molecule has 3 N–H and O–H groups in total. The Labute approximate surface area is 117 Å². The summed E-state index contributed by atoms with van der Waals surface area (Å²) in [6.45, 7) is 0.217. The predicted octanol–water partition coefficient (Wildman–Crippen LogP) is 0.251. The molecule has 0 aromatic heterocycles. The monoisotopic (exact) mass is 299 g/mol. The fraction of sp³-hybridized carbons (Fsp3) is 0.417. The van der Waals surface area contributed by atoms with Crippen LogP contribution in [0.5, 0.6) is 5.75 Å². The van der Waals surface area contributed by atoms with Crippen molar-refractivity contribution in [3.63, 3.8) is 0 Å². The number of nitrogens with zero attached hydrogens (tertiary/aromatic N) is 1. The molecule has 0 aliphatic carbocycles. The smallest absolute Gasteiger partial charge is 0.239 e. The van der Waals surface area contributed by atoms with Crippen molar-refractivity contribution in [3.05, 3.63) is 18.2 Å². The second-order valence-corrected chi connectivity index (χ2v) is 6.60. The Bertz CT molecular complexity index is 615. The van der Waals surface area contributed by atoms with E-state index in [9.17, 15) is 13.2 Å². The van der Waals surface area contributed by atoms with Gasteiger partial charge in [0.25, 0.3) is 0 Å². The maximum Gasteiger partial charge on any atom is 0.239 e. The van der Waals surface area contributed by atoms with E-state index in [1.807, 2.05) is 0 Å². The van der Waals surface area contributed by atoms with Gasteiger partial charge in [0.05, 0.1) is 25.1 Å². The molecule has 0 saturated carbocycles. The number of methoxy groups -OCH3 is 1. The van der Waals surface area contributed by atoms with Crippen molar-refractivity contribution in [2.24, 2.45) is 0 Å². The zero-order valence-electron chi connectivity index (χ0n) is 11.1. The van der Waals surface area contributed by atoms with E-state index in [1.165, 1.54) is 11.4 Å². The number of nitrogens with two attached hydrogens (primary N) is 1. The highest BCUT2D eigenvalue weighted by Gasteiger charge is 2.29. The topological polar surface area (TPSA) is 102 Å². The maximum atomic E-state index is 11.8. The van der Waals surface area contributed by atoms with E-state index in [1.54, 1.807) is 18.2 Å². The van der Waals surface area contributed by atoms with Crippen LogP contribution in [0.15, 0.2) is 18.2 Å². The van der Waals surface area contributed by atoms with E-state index in [-0.39, 0.29) is 18.2 Å². The van der Waals surface area contributed by atoms with Crippen LogP contribution in [0.3, 0.4) is 0 Å². The maximum absolute atomic E-state index is 11.8. The quantitative estimate of drug-likeness (QED) is 0.776. The summed E-state index contributed by atoms with van der Waals surface area (Å²) < 4.78 is 29.4. The number of rotatable bonds is 4. The number of benzene rings is 1. The van der Waals surface area contributed by atoms with Gasteiger partial charge in [0, 0.05) is 12.2 Å². The molecule has 0 bridgehead atoms. The Morgan fingerprint density at radius 2 is 2.25 bits per heavy atom. The Morgan fingerprint density at radius 3 is 2.80 bits per heavy atom. The Hall–Kier alpha value is -1.80. The average Bonchev–Trinajstić information content (AvgIpc) is 2.69. The van der Waals surface area contributed by atoms with E-state index >= 15 is 0 Å². The lowest BCUT2D eigenvalue weighted by atomic mass is 10.2. The third-order valence-corrected chi connectivity index (χ3v) is 4.94. The van der Waals surface area contributed by atoms with Gasteiger partial charge in [-0.2, -0.15) is 4.31 Å². The summed E-state index contributed by atoms with van der Waals surface area (Å²) >= 11 is 0. The molecule has 1 aliphatic heterocycles. The summed E-state index contributed by atoms with van der Waals surface area (Å²) in [6.07, 6.45) is 0.561. The molecule has 7 nitrogen and oxygen atoms in total. The van der Waals surface area contributed by atoms with Crippen molar-refractivity contribution >= 4 is 27.3 Å². The van der Waals surface area contributed by atoms with Gasteiger partial charge in [-0.05, 0) is 24.6 Å². The summed E-state index contributed by atoms with van der Waals surface area (Å²) in [5, 5.41) is 2.62. The molecule has 1 fully saturated rings. The lowest BCUT2D eigenvalue weighted by molar-refractivity contribution is -0.116. The summed E-state index contributed by atoms with van der Waals surface area (Å²) in [4.78, 5) is 11.8. The Morgan fingerprint density at radius 1 is 1.50 bits per heavy atom. The van der Waals surface area contributed by atoms with Crippen LogP contribution in [0, 0.1) is 0 Å². The van der Waals surface area contributed by atoms with E-state index in [2.05, 4.69) is 5.32 Å². The number of ether oxygens (including phenoxy) is 1. The van der Waals surface area contributed by atoms with Gasteiger partial charge in [0.2, 0.25) is 15.9 Å². The molecule has 1 saturated heterocycles. The number of amides is 1. The molecule has 1 heterocycles. The minimum absolute atomic E-state index is 0.107. The van der Waals surface area contributed by atoms with Crippen molar-refractivity contribution in [1.82, 2.24) is 4.31 Å². The minimum atomic E-state index is -3.27. The van der Waals surface area contributed by atoms with Crippen LogP contribution in [0.25, 0.3) is 0 Å². The third kappa shape index (κ3) is 3.20. The average molecular weight is 299 g/mol. The van der Waals surface area contributed by atoms with E-state index in [4.69, 9.17) is 10.5 Å². The van der Waals surface area contributed by atoms with Crippen LogP contribution in [0.4, 0.5) is 11.4 Å². The summed E-state index contributed by atoms with van der Waals surface area (Å²) in [5.74, 6) is 0.237. The molecule has 2 rings (SSSR count). The fourth-order valence-corrected chi connectivity index (χ4v) is 3.52. The first kappa shape index (κ1) is 14.6. The van der Waals surface area contributed by atoms with Crippen molar-refractivity contribution in [1.29, 1.82) is 0 Å². The summed E-state index contributed by atoms with van der Waals surface area (Å²) in [7, 11) is -1.76. The van der Waals surface area contributed by atoms with Crippen LogP contribution in [0.1, 0.15) is 6.42 Å². The van der Waals surface area contributed by atoms with Crippen molar-refractivity contribution in [2.45, 2.75) is 6.42 Å². The SMILES string of the molecule is COc1ccc(NC(=O)CN2CCCS2(=O)=O)cc1N. The van der Waals surface area contributed by atoms with Crippen molar-refractivity contribution in [2.75, 3.05) is 37.0 Å². The van der Waals surface area contributed by atoms with Crippen LogP contribution in [-0.2, 0) is 14.8 Å². The molecule has 1 aromatic carbocycles. The molecule has 110 valence electrons. The molecule has 0 spiro atoms. The van der Waals surface area contributed by atoms with Gasteiger partial charge < -0.3 is 15.8 Å². The normalized spacial score (nSPS) is 17.9. The van der Waals surface area contributed by atoms with Gasteiger partial charge in [0.1, 0.15) is 5.75 Å². The van der Waals surface area contributed by atoms with Gasteiger partial charge in [0.15, 0.2) is 0 Å². The van der Waals surface area contributed by atoms with Gasteiger partial charge in [-0.15, -0.1) is 0 Å². The highest BCUT2D eigenvalue weighted by Crippen LogP contribution is 2.24. The lowest BCUT2D eigenvalue weighted by Crippen LogP contribution is -2.34. The number of nitrogens with one attached hydrogen (secondary N) is 1. The molecule has 1 amide bonds. The van der Waals surface area contributed by atoms with Crippen LogP contribution < -0.4 is 15.8 Å². The van der Waals surface area contributed by atoms with E-state index in [0.717, 1.165) is 0 Å².